The van der Waals surface area contributed by atoms with Gasteiger partial charge in [-0.3, -0.25) is 4.79 Å². The second-order valence-electron chi connectivity index (χ2n) is 6.99. The Morgan fingerprint density at radius 2 is 2.08 bits per heavy atom. The van der Waals surface area contributed by atoms with Crippen molar-refractivity contribution in [3.8, 4) is 5.82 Å². The van der Waals surface area contributed by atoms with Gasteiger partial charge in [0.2, 0.25) is 0 Å². The summed E-state index contributed by atoms with van der Waals surface area (Å²) in [5, 5.41) is 12.2. The quantitative estimate of drug-likeness (QED) is 0.767. The van der Waals surface area contributed by atoms with E-state index in [0.717, 1.165) is 30.0 Å². The first-order chi connectivity index (χ1) is 11.4. The molecule has 0 aliphatic rings. The van der Waals surface area contributed by atoms with E-state index in [2.05, 4.69) is 10.3 Å². The van der Waals surface area contributed by atoms with Gasteiger partial charge in [-0.1, -0.05) is 19.9 Å². The second kappa shape index (κ2) is 7.62. The first kappa shape index (κ1) is 18.2. The molecule has 2 aromatic heterocycles. The fourth-order valence-electron chi connectivity index (χ4n) is 2.77. The molecule has 0 atom stereocenters. The summed E-state index contributed by atoms with van der Waals surface area (Å²) in [6, 6.07) is 7.64. The Morgan fingerprint density at radius 3 is 2.71 bits per heavy atom. The second-order valence-corrected chi connectivity index (χ2v) is 6.99. The number of pyridine rings is 1. The molecule has 2 rings (SSSR count). The summed E-state index contributed by atoms with van der Waals surface area (Å²) < 4.78 is 1.99. The number of aryl methyl sites for hydroxylation is 1. The molecule has 1 amide bonds. The lowest BCUT2D eigenvalue weighted by molar-refractivity contribution is 0.0948. The number of aliphatic hydroxyl groups excluding tert-OH is 1. The summed E-state index contributed by atoms with van der Waals surface area (Å²) in [7, 11) is 0. The molecule has 2 heterocycles. The molecule has 0 aliphatic heterocycles. The minimum atomic E-state index is -0.0977. The summed E-state index contributed by atoms with van der Waals surface area (Å²) in [5.74, 6) is 0.753. The Hall–Kier alpha value is -2.14. The van der Waals surface area contributed by atoms with Crippen molar-refractivity contribution in [1.29, 1.82) is 0 Å². The van der Waals surface area contributed by atoms with Crippen molar-refractivity contribution < 1.29 is 9.90 Å². The number of aromatic nitrogens is 2. The SMILES string of the molecule is Cc1cc(C(=O)NCCCC(C)(C)CO)c(C)n1-c1ccccn1. The summed E-state index contributed by atoms with van der Waals surface area (Å²) in [5.41, 5.74) is 2.45. The van der Waals surface area contributed by atoms with E-state index in [1.165, 1.54) is 0 Å². The zero-order chi connectivity index (χ0) is 17.7. The van der Waals surface area contributed by atoms with Gasteiger partial charge < -0.3 is 15.0 Å². The van der Waals surface area contributed by atoms with Gasteiger partial charge in [0.15, 0.2) is 0 Å². The standard InChI is InChI=1S/C19H27N3O2/c1-14-12-16(15(2)22(14)17-8-5-6-10-20-17)18(24)21-11-7-9-19(3,4)13-23/h5-6,8,10,12,23H,7,9,11,13H2,1-4H3,(H,21,24). The predicted octanol–water partition coefficient (Wildman–Crippen LogP) is 3.02. The molecule has 0 radical (unpaired) electrons. The van der Waals surface area contributed by atoms with Crippen LogP contribution in [0, 0.1) is 19.3 Å². The summed E-state index contributed by atoms with van der Waals surface area (Å²) >= 11 is 0. The number of aliphatic hydroxyl groups is 1. The van der Waals surface area contributed by atoms with Crippen molar-refractivity contribution in [2.45, 2.75) is 40.5 Å². The maximum Gasteiger partial charge on any atom is 0.253 e. The van der Waals surface area contributed by atoms with Crippen molar-refractivity contribution in [3.05, 3.63) is 47.4 Å². The molecule has 0 spiro atoms. The molecular weight excluding hydrogens is 302 g/mol. The topological polar surface area (TPSA) is 67.2 Å². The van der Waals surface area contributed by atoms with E-state index in [4.69, 9.17) is 0 Å². The van der Waals surface area contributed by atoms with Gasteiger partial charge in [0.25, 0.3) is 5.91 Å². The third kappa shape index (κ3) is 4.23. The van der Waals surface area contributed by atoms with Crippen molar-refractivity contribution in [2.75, 3.05) is 13.2 Å². The highest BCUT2D eigenvalue weighted by Crippen LogP contribution is 2.21. The predicted molar refractivity (Wildman–Crippen MR) is 95.5 cm³/mol. The van der Waals surface area contributed by atoms with Gasteiger partial charge in [0.05, 0.1) is 5.56 Å². The number of carbonyl (C=O) groups excluding carboxylic acids is 1. The highest BCUT2D eigenvalue weighted by molar-refractivity contribution is 5.95. The number of rotatable bonds is 7. The zero-order valence-electron chi connectivity index (χ0n) is 15.0. The third-order valence-corrected chi connectivity index (χ3v) is 4.30. The lowest BCUT2D eigenvalue weighted by atomic mass is 9.89. The van der Waals surface area contributed by atoms with Crippen molar-refractivity contribution in [1.82, 2.24) is 14.9 Å². The van der Waals surface area contributed by atoms with Crippen LogP contribution in [0.5, 0.6) is 0 Å². The molecule has 0 unspecified atom stereocenters. The number of nitrogens with zero attached hydrogens (tertiary/aromatic N) is 2. The van der Waals surface area contributed by atoms with Crippen LogP contribution in [0.1, 0.15) is 48.4 Å². The number of carbonyl (C=O) groups is 1. The third-order valence-electron chi connectivity index (χ3n) is 4.30. The van der Waals surface area contributed by atoms with E-state index < -0.39 is 0 Å². The zero-order valence-corrected chi connectivity index (χ0v) is 15.0. The molecule has 0 saturated heterocycles. The normalized spacial score (nSPS) is 11.5. The lowest BCUT2D eigenvalue weighted by Crippen LogP contribution is -2.26. The molecule has 0 aliphatic carbocycles. The smallest absolute Gasteiger partial charge is 0.253 e. The average molecular weight is 329 g/mol. The molecule has 0 aromatic carbocycles. The molecule has 2 aromatic rings. The van der Waals surface area contributed by atoms with Gasteiger partial charge in [0.1, 0.15) is 5.82 Å². The van der Waals surface area contributed by atoms with Crippen LogP contribution in [-0.4, -0.2) is 33.7 Å². The first-order valence-corrected chi connectivity index (χ1v) is 8.35. The van der Waals surface area contributed by atoms with Crippen LogP contribution >= 0.6 is 0 Å². The number of amides is 1. The van der Waals surface area contributed by atoms with Gasteiger partial charge >= 0.3 is 0 Å². The maximum absolute atomic E-state index is 12.5. The monoisotopic (exact) mass is 329 g/mol. The van der Waals surface area contributed by atoms with E-state index in [1.54, 1.807) is 6.20 Å². The van der Waals surface area contributed by atoms with Crippen LogP contribution in [0.3, 0.4) is 0 Å². The van der Waals surface area contributed by atoms with Crippen LogP contribution in [-0.2, 0) is 0 Å². The summed E-state index contributed by atoms with van der Waals surface area (Å²) in [6.45, 7) is 8.72. The van der Waals surface area contributed by atoms with Crippen LogP contribution in [0.25, 0.3) is 5.82 Å². The van der Waals surface area contributed by atoms with Crippen LogP contribution in [0.15, 0.2) is 30.5 Å². The Labute approximate surface area is 143 Å². The van der Waals surface area contributed by atoms with Gasteiger partial charge in [0, 0.05) is 30.7 Å². The van der Waals surface area contributed by atoms with Crippen molar-refractivity contribution in [3.63, 3.8) is 0 Å². The van der Waals surface area contributed by atoms with E-state index in [0.29, 0.717) is 12.1 Å². The van der Waals surface area contributed by atoms with E-state index in [-0.39, 0.29) is 17.9 Å². The number of hydrogen-bond acceptors (Lipinski definition) is 3. The largest absolute Gasteiger partial charge is 0.396 e. The van der Waals surface area contributed by atoms with Gasteiger partial charge in [-0.15, -0.1) is 0 Å². The van der Waals surface area contributed by atoms with Crippen LogP contribution in [0.4, 0.5) is 0 Å². The first-order valence-electron chi connectivity index (χ1n) is 8.35. The van der Waals surface area contributed by atoms with Crippen LogP contribution in [0.2, 0.25) is 0 Å². The van der Waals surface area contributed by atoms with Crippen molar-refractivity contribution >= 4 is 5.91 Å². The Balaban J connectivity index is 2.04. The molecule has 24 heavy (non-hydrogen) atoms. The molecular formula is C19H27N3O2. The number of hydrogen-bond donors (Lipinski definition) is 2. The van der Waals surface area contributed by atoms with Gasteiger partial charge in [-0.25, -0.2) is 4.98 Å². The van der Waals surface area contributed by atoms with E-state index >= 15 is 0 Å². The van der Waals surface area contributed by atoms with E-state index in [9.17, 15) is 9.90 Å². The summed E-state index contributed by atoms with van der Waals surface area (Å²) in [6.07, 6.45) is 3.46. The number of nitrogens with one attached hydrogen (secondary N) is 1. The maximum atomic E-state index is 12.5. The average Bonchev–Trinajstić information content (AvgIpc) is 2.87. The molecule has 130 valence electrons. The fraction of sp³-hybridized carbons (Fsp3) is 0.474. The molecule has 5 heteroatoms. The van der Waals surface area contributed by atoms with Gasteiger partial charge in [-0.2, -0.15) is 0 Å². The Kier molecular flexibility index (Phi) is 5.78. The fourth-order valence-corrected chi connectivity index (χ4v) is 2.77. The van der Waals surface area contributed by atoms with Crippen LogP contribution < -0.4 is 5.32 Å². The Bertz CT molecular complexity index is 690. The molecule has 5 nitrogen and oxygen atoms in total. The molecule has 0 fully saturated rings. The molecule has 2 N–H and O–H groups in total. The Morgan fingerprint density at radius 1 is 1.33 bits per heavy atom. The molecule has 0 saturated carbocycles. The minimum absolute atomic E-state index is 0.0629. The van der Waals surface area contributed by atoms with Gasteiger partial charge in [-0.05, 0) is 50.3 Å². The minimum Gasteiger partial charge on any atom is -0.396 e. The van der Waals surface area contributed by atoms with Crippen molar-refractivity contribution in [2.24, 2.45) is 5.41 Å². The highest BCUT2D eigenvalue weighted by atomic mass is 16.3. The highest BCUT2D eigenvalue weighted by Gasteiger charge is 2.18. The van der Waals surface area contributed by atoms with E-state index in [1.807, 2.05) is 56.5 Å². The lowest BCUT2D eigenvalue weighted by Gasteiger charge is -2.21. The molecule has 0 bridgehead atoms. The summed E-state index contributed by atoms with van der Waals surface area (Å²) in [4.78, 5) is 16.8.